The summed E-state index contributed by atoms with van der Waals surface area (Å²) in [6.07, 6.45) is 0. The number of aromatic nitrogens is 1. The Morgan fingerprint density at radius 2 is 1.92 bits per heavy atom. The summed E-state index contributed by atoms with van der Waals surface area (Å²) >= 11 is 6.01. The number of rotatable bonds is 4. The maximum Gasteiger partial charge on any atom is 0.340 e. The summed E-state index contributed by atoms with van der Waals surface area (Å²) in [4.78, 5) is 27.2. The molecule has 0 N–H and O–H groups in total. The van der Waals surface area contributed by atoms with Gasteiger partial charge in [0, 0.05) is 28.1 Å². The van der Waals surface area contributed by atoms with Crippen LogP contribution < -0.4 is 0 Å². The van der Waals surface area contributed by atoms with Crippen LogP contribution >= 0.6 is 11.6 Å². The molecule has 25 heavy (non-hydrogen) atoms. The van der Waals surface area contributed by atoms with Crippen LogP contribution in [0.4, 0.5) is 5.69 Å². The van der Waals surface area contributed by atoms with Crippen LogP contribution in [0.15, 0.2) is 48.5 Å². The Kier molecular flexibility index (Phi) is 4.63. The van der Waals surface area contributed by atoms with E-state index in [1.165, 1.54) is 12.1 Å². The van der Waals surface area contributed by atoms with Crippen LogP contribution in [0.2, 0.25) is 5.02 Å². The third-order valence-corrected chi connectivity index (χ3v) is 3.86. The van der Waals surface area contributed by atoms with Gasteiger partial charge >= 0.3 is 5.97 Å². The van der Waals surface area contributed by atoms with Gasteiger partial charge in [0.25, 0.3) is 5.69 Å². The van der Waals surface area contributed by atoms with Gasteiger partial charge in [0.1, 0.15) is 0 Å². The molecule has 7 heteroatoms. The van der Waals surface area contributed by atoms with E-state index in [0.29, 0.717) is 27.2 Å². The lowest BCUT2D eigenvalue weighted by atomic mass is 10.0. The van der Waals surface area contributed by atoms with Crippen molar-refractivity contribution in [1.82, 2.24) is 4.98 Å². The molecule has 0 saturated carbocycles. The third-order valence-electron chi connectivity index (χ3n) is 3.62. The molecule has 0 saturated heterocycles. The van der Waals surface area contributed by atoms with Gasteiger partial charge in [-0.25, -0.2) is 9.78 Å². The van der Waals surface area contributed by atoms with Crippen molar-refractivity contribution in [2.24, 2.45) is 0 Å². The van der Waals surface area contributed by atoms with E-state index in [1.54, 1.807) is 43.3 Å². The SMILES string of the molecule is CCOC(=O)c1cc2cc(Cl)ccc2nc1-c1ccc([N+](=O)[O-])cc1. The molecule has 0 radical (unpaired) electrons. The Balaban J connectivity index is 2.20. The van der Waals surface area contributed by atoms with E-state index in [9.17, 15) is 14.9 Å². The second-order valence-corrected chi connectivity index (χ2v) is 5.68. The zero-order valence-electron chi connectivity index (χ0n) is 13.2. The van der Waals surface area contributed by atoms with Crippen LogP contribution in [0, 0.1) is 10.1 Å². The van der Waals surface area contributed by atoms with E-state index >= 15 is 0 Å². The second-order valence-electron chi connectivity index (χ2n) is 5.25. The minimum Gasteiger partial charge on any atom is -0.462 e. The van der Waals surface area contributed by atoms with Gasteiger partial charge in [-0.3, -0.25) is 10.1 Å². The fourth-order valence-electron chi connectivity index (χ4n) is 2.47. The summed E-state index contributed by atoms with van der Waals surface area (Å²) in [6.45, 7) is 1.95. The number of non-ortho nitro benzene ring substituents is 1. The molecule has 0 bridgehead atoms. The molecule has 6 nitrogen and oxygen atoms in total. The molecule has 126 valence electrons. The van der Waals surface area contributed by atoms with Crippen molar-refractivity contribution in [2.75, 3.05) is 6.61 Å². The minimum atomic E-state index is -0.509. The fraction of sp³-hybridized carbons (Fsp3) is 0.111. The Bertz CT molecular complexity index is 971. The van der Waals surface area contributed by atoms with Crippen molar-refractivity contribution < 1.29 is 14.5 Å². The molecule has 0 unspecified atom stereocenters. The van der Waals surface area contributed by atoms with Gasteiger partial charge in [-0.15, -0.1) is 0 Å². The van der Waals surface area contributed by atoms with Gasteiger partial charge < -0.3 is 4.74 Å². The summed E-state index contributed by atoms with van der Waals surface area (Å²) in [5.74, 6) is -0.509. The van der Waals surface area contributed by atoms with Gasteiger partial charge in [0.15, 0.2) is 0 Å². The highest BCUT2D eigenvalue weighted by Gasteiger charge is 2.18. The van der Waals surface area contributed by atoms with Crippen molar-refractivity contribution in [3.8, 4) is 11.3 Å². The molecule has 0 amide bonds. The fourth-order valence-corrected chi connectivity index (χ4v) is 2.65. The van der Waals surface area contributed by atoms with Crippen molar-refractivity contribution in [1.29, 1.82) is 0 Å². The molecule has 1 aromatic heterocycles. The van der Waals surface area contributed by atoms with Gasteiger partial charge in [0.2, 0.25) is 0 Å². The number of hydrogen-bond acceptors (Lipinski definition) is 5. The highest BCUT2D eigenvalue weighted by Crippen LogP contribution is 2.29. The van der Waals surface area contributed by atoms with Crippen LogP contribution in [0.1, 0.15) is 17.3 Å². The number of nitro benzene ring substituents is 1. The number of carbonyl (C=O) groups is 1. The molecule has 0 aliphatic carbocycles. The topological polar surface area (TPSA) is 82.3 Å². The number of nitro groups is 1. The van der Waals surface area contributed by atoms with Crippen molar-refractivity contribution in [3.63, 3.8) is 0 Å². The predicted octanol–water partition coefficient (Wildman–Crippen LogP) is 4.64. The number of nitrogens with zero attached hydrogens (tertiary/aromatic N) is 2. The molecule has 0 spiro atoms. The summed E-state index contributed by atoms with van der Waals surface area (Å²) < 4.78 is 5.11. The lowest BCUT2D eigenvalue weighted by Crippen LogP contribution is -2.08. The van der Waals surface area contributed by atoms with E-state index in [1.807, 2.05) is 0 Å². The first-order valence-electron chi connectivity index (χ1n) is 7.52. The van der Waals surface area contributed by atoms with Gasteiger partial charge in [-0.1, -0.05) is 11.6 Å². The van der Waals surface area contributed by atoms with Crippen LogP contribution in [0.5, 0.6) is 0 Å². The zero-order valence-corrected chi connectivity index (χ0v) is 14.0. The van der Waals surface area contributed by atoms with Gasteiger partial charge in [-0.2, -0.15) is 0 Å². The lowest BCUT2D eigenvalue weighted by molar-refractivity contribution is -0.384. The Hall–Kier alpha value is -2.99. The largest absolute Gasteiger partial charge is 0.462 e. The monoisotopic (exact) mass is 356 g/mol. The smallest absolute Gasteiger partial charge is 0.340 e. The standard InChI is InChI=1S/C18H13ClN2O4/c1-2-25-18(22)15-10-12-9-13(19)5-8-16(12)20-17(15)11-3-6-14(7-4-11)21(23)24/h3-10H,2H2,1H3. The van der Waals surface area contributed by atoms with E-state index in [4.69, 9.17) is 16.3 Å². The number of hydrogen-bond donors (Lipinski definition) is 0. The maximum absolute atomic E-state index is 12.3. The predicted molar refractivity (Wildman–Crippen MR) is 94.8 cm³/mol. The van der Waals surface area contributed by atoms with Crippen LogP contribution in [0.25, 0.3) is 22.2 Å². The number of halogens is 1. The van der Waals surface area contributed by atoms with Crippen molar-refractivity contribution in [3.05, 3.63) is 69.2 Å². The Morgan fingerprint density at radius 3 is 2.56 bits per heavy atom. The highest BCUT2D eigenvalue weighted by molar-refractivity contribution is 6.31. The second kappa shape index (κ2) is 6.86. The first-order valence-corrected chi connectivity index (χ1v) is 7.89. The number of esters is 1. The average molecular weight is 357 g/mol. The van der Waals surface area contributed by atoms with E-state index < -0.39 is 10.9 Å². The zero-order chi connectivity index (χ0) is 18.0. The first-order chi connectivity index (χ1) is 12.0. The molecule has 0 atom stereocenters. The molecule has 3 rings (SSSR count). The van der Waals surface area contributed by atoms with E-state index in [0.717, 1.165) is 0 Å². The van der Waals surface area contributed by atoms with Crippen LogP contribution in [0.3, 0.4) is 0 Å². The van der Waals surface area contributed by atoms with Crippen LogP contribution in [-0.2, 0) is 4.74 Å². The summed E-state index contributed by atoms with van der Waals surface area (Å²) in [6, 6.07) is 12.7. The summed E-state index contributed by atoms with van der Waals surface area (Å²) in [7, 11) is 0. The molecule has 1 heterocycles. The Labute approximate surface area is 148 Å². The number of ether oxygens (including phenoxy) is 1. The van der Waals surface area contributed by atoms with Gasteiger partial charge in [0.05, 0.1) is 28.3 Å². The molecule has 2 aromatic carbocycles. The highest BCUT2D eigenvalue weighted by atomic mass is 35.5. The minimum absolute atomic E-state index is 0.0333. The quantitative estimate of drug-likeness (QED) is 0.386. The van der Waals surface area contributed by atoms with Crippen LogP contribution in [-0.4, -0.2) is 22.5 Å². The molecule has 3 aromatic rings. The molecular weight excluding hydrogens is 344 g/mol. The normalized spacial score (nSPS) is 10.6. The lowest BCUT2D eigenvalue weighted by Gasteiger charge is -2.10. The molecular formula is C18H13ClN2O4. The number of fused-ring (bicyclic) bond motifs is 1. The van der Waals surface area contributed by atoms with E-state index in [2.05, 4.69) is 4.98 Å². The van der Waals surface area contributed by atoms with Crippen molar-refractivity contribution in [2.45, 2.75) is 6.92 Å². The maximum atomic E-state index is 12.3. The first kappa shape index (κ1) is 16.9. The van der Waals surface area contributed by atoms with Crippen molar-refractivity contribution >= 4 is 34.2 Å². The number of benzene rings is 2. The molecule has 0 aliphatic heterocycles. The number of pyridine rings is 1. The van der Waals surface area contributed by atoms with Gasteiger partial charge in [-0.05, 0) is 43.3 Å². The summed E-state index contributed by atoms with van der Waals surface area (Å²) in [5, 5.41) is 12.1. The Morgan fingerprint density at radius 1 is 1.20 bits per heavy atom. The third kappa shape index (κ3) is 3.44. The average Bonchev–Trinajstić information content (AvgIpc) is 2.61. The molecule has 0 fully saturated rings. The molecule has 0 aliphatic rings. The number of carbonyl (C=O) groups excluding carboxylic acids is 1. The summed E-state index contributed by atoms with van der Waals surface area (Å²) in [5.41, 5.74) is 1.90. The van der Waals surface area contributed by atoms with E-state index in [-0.39, 0.29) is 17.9 Å².